The number of urea groups is 1. The summed E-state index contributed by atoms with van der Waals surface area (Å²) >= 11 is 0. The van der Waals surface area contributed by atoms with E-state index in [-0.39, 0.29) is 6.54 Å². The van der Waals surface area contributed by atoms with Crippen molar-refractivity contribution >= 4 is 18.0 Å². The van der Waals surface area contributed by atoms with Crippen LogP contribution in [0.2, 0.25) is 0 Å². The van der Waals surface area contributed by atoms with E-state index in [4.69, 9.17) is 15.5 Å². The molecule has 0 fully saturated rings. The number of carbonyl (C=O) groups is 3. The van der Waals surface area contributed by atoms with E-state index in [0.29, 0.717) is 11.1 Å². The summed E-state index contributed by atoms with van der Waals surface area (Å²) in [5, 5.41) is 30.5. The summed E-state index contributed by atoms with van der Waals surface area (Å²) in [6.45, 7) is 0.0841. The maximum absolute atomic E-state index is 11.5. The van der Waals surface area contributed by atoms with Crippen molar-refractivity contribution < 1.29 is 24.6 Å². The second-order valence-corrected chi connectivity index (χ2v) is 4.13. The van der Waals surface area contributed by atoms with Gasteiger partial charge in [0.15, 0.2) is 0 Å². The normalized spacial score (nSPS) is 11.0. The molecule has 1 atom stereocenters. The molecule has 1 unspecified atom stereocenters. The SMILES string of the molecule is N#Cc1cccc(CNC(=O)NC(CC(=O)O)C(=O)O)c1. The number of carbonyl (C=O) groups excluding carboxylic acids is 1. The average molecular weight is 291 g/mol. The Kier molecular flexibility index (Phi) is 5.70. The Labute approximate surface area is 120 Å². The quantitative estimate of drug-likeness (QED) is 0.593. The van der Waals surface area contributed by atoms with Crippen molar-refractivity contribution in [2.24, 2.45) is 0 Å². The number of amides is 2. The maximum atomic E-state index is 11.5. The number of nitriles is 1. The van der Waals surface area contributed by atoms with Crippen molar-refractivity contribution in [1.82, 2.24) is 10.6 Å². The van der Waals surface area contributed by atoms with E-state index >= 15 is 0 Å². The lowest BCUT2D eigenvalue weighted by Crippen LogP contribution is -2.46. The van der Waals surface area contributed by atoms with Crippen molar-refractivity contribution in [3.8, 4) is 6.07 Å². The summed E-state index contributed by atoms with van der Waals surface area (Å²) in [5.74, 6) is -2.76. The Morgan fingerprint density at radius 3 is 2.57 bits per heavy atom. The van der Waals surface area contributed by atoms with Crippen LogP contribution in [-0.4, -0.2) is 34.2 Å². The van der Waals surface area contributed by atoms with Gasteiger partial charge in [0, 0.05) is 6.54 Å². The maximum Gasteiger partial charge on any atom is 0.326 e. The van der Waals surface area contributed by atoms with Crippen molar-refractivity contribution in [1.29, 1.82) is 5.26 Å². The van der Waals surface area contributed by atoms with E-state index < -0.39 is 30.4 Å². The second kappa shape index (κ2) is 7.49. The number of benzene rings is 1. The third-order valence-electron chi connectivity index (χ3n) is 2.49. The molecule has 0 spiro atoms. The zero-order chi connectivity index (χ0) is 15.8. The fourth-order valence-corrected chi connectivity index (χ4v) is 1.52. The monoisotopic (exact) mass is 291 g/mol. The number of rotatable bonds is 6. The van der Waals surface area contributed by atoms with Crippen LogP contribution in [0.4, 0.5) is 4.79 Å². The van der Waals surface area contributed by atoms with Gasteiger partial charge in [-0.05, 0) is 17.7 Å². The zero-order valence-corrected chi connectivity index (χ0v) is 10.9. The predicted molar refractivity (Wildman–Crippen MR) is 70.2 cm³/mol. The highest BCUT2D eigenvalue weighted by Gasteiger charge is 2.22. The number of aliphatic carboxylic acids is 2. The summed E-state index contributed by atoms with van der Waals surface area (Å²) in [5.41, 5.74) is 1.10. The Morgan fingerprint density at radius 1 is 1.29 bits per heavy atom. The number of carboxylic acid groups (broad SMARTS) is 2. The second-order valence-electron chi connectivity index (χ2n) is 4.13. The summed E-state index contributed by atoms with van der Waals surface area (Å²) in [4.78, 5) is 32.8. The molecule has 1 rings (SSSR count). The Morgan fingerprint density at radius 2 is 2.00 bits per heavy atom. The smallest absolute Gasteiger partial charge is 0.326 e. The molecule has 0 aliphatic carbocycles. The third kappa shape index (κ3) is 5.61. The molecule has 0 aliphatic rings. The van der Waals surface area contributed by atoms with Gasteiger partial charge in [-0.2, -0.15) is 5.26 Å². The number of hydrogen-bond donors (Lipinski definition) is 4. The van der Waals surface area contributed by atoms with Gasteiger partial charge < -0.3 is 20.8 Å². The topological polar surface area (TPSA) is 140 Å². The summed E-state index contributed by atoms with van der Waals surface area (Å²) < 4.78 is 0. The Hall–Kier alpha value is -3.08. The first-order valence-corrected chi connectivity index (χ1v) is 5.90. The highest BCUT2D eigenvalue weighted by Crippen LogP contribution is 2.03. The minimum Gasteiger partial charge on any atom is -0.481 e. The minimum atomic E-state index is -1.51. The van der Waals surface area contributed by atoms with Gasteiger partial charge in [-0.1, -0.05) is 12.1 Å². The summed E-state index contributed by atoms with van der Waals surface area (Å²) in [6, 6.07) is 6.17. The molecule has 21 heavy (non-hydrogen) atoms. The first kappa shape index (κ1) is 16.0. The zero-order valence-electron chi connectivity index (χ0n) is 10.9. The molecule has 8 heteroatoms. The molecule has 1 aromatic carbocycles. The Bertz CT molecular complexity index is 594. The number of nitrogens with one attached hydrogen (secondary N) is 2. The van der Waals surface area contributed by atoms with Crippen LogP contribution in [0.3, 0.4) is 0 Å². The number of nitrogens with zero attached hydrogens (tertiary/aromatic N) is 1. The standard InChI is InChI=1S/C13H13N3O5/c14-6-8-2-1-3-9(4-8)7-15-13(21)16-10(12(19)20)5-11(17)18/h1-4,10H,5,7H2,(H,17,18)(H,19,20)(H2,15,16,21). The molecule has 1 aromatic rings. The van der Waals surface area contributed by atoms with Gasteiger partial charge in [-0.25, -0.2) is 9.59 Å². The highest BCUT2D eigenvalue weighted by molar-refractivity contribution is 5.86. The van der Waals surface area contributed by atoms with Gasteiger partial charge in [-0.15, -0.1) is 0 Å². The summed E-state index contributed by atoms with van der Waals surface area (Å²) in [6.07, 6.45) is -0.716. The van der Waals surface area contributed by atoms with Crippen LogP contribution in [-0.2, 0) is 16.1 Å². The van der Waals surface area contributed by atoms with Crippen LogP contribution >= 0.6 is 0 Å². The molecule has 8 nitrogen and oxygen atoms in total. The molecular formula is C13H13N3O5. The lowest BCUT2D eigenvalue weighted by atomic mass is 10.1. The molecule has 110 valence electrons. The number of carboxylic acids is 2. The molecule has 0 heterocycles. The van der Waals surface area contributed by atoms with Gasteiger partial charge in [0.2, 0.25) is 0 Å². The lowest BCUT2D eigenvalue weighted by molar-refractivity contribution is -0.145. The van der Waals surface area contributed by atoms with E-state index in [9.17, 15) is 14.4 Å². The van der Waals surface area contributed by atoms with Crippen molar-refractivity contribution in [2.45, 2.75) is 19.0 Å². The molecule has 4 N–H and O–H groups in total. The molecule has 0 aromatic heterocycles. The highest BCUT2D eigenvalue weighted by atomic mass is 16.4. The first-order chi connectivity index (χ1) is 9.92. The van der Waals surface area contributed by atoms with Gasteiger partial charge in [0.1, 0.15) is 6.04 Å². The van der Waals surface area contributed by atoms with E-state index in [1.807, 2.05) is 6.07 Å². The van der Waals surface area contributed by atoms with Gasteiger partial charge in [0.05, 0.1) is 18.1 Å². The van der Waals surface area contributed by atoms with Crippen LogP contribution in [0.15, 0.2) is 24.3 Å². The van der Waals surface area contributed by atoms with E-state index in [1.54, 1.807) is 24.3 Å². The van der Waals surface area contributed by atoms with E-state index in [2.05, 4.69) is 10.6 Å². The largest absolute Gasteiger partial charge is 0.481 e. The minimum absolute atomic E-state index is 0.0841. The van der Waals surface area contributed by atoms with Crippen LogP contribution in [0.5, 0.6) is 0 Å². The summed E-state index contributed by atoms with van der Waals surface area (Å²) in [7, 11) is 0. The van der Waals surface area contributed by atoms with E-state index in [0.717, 1.165) is 0 Å². The molecule has 0 saturated heterocycles. The lowest BCUT2D eigenvalue weighted by Gasteiger charge is -2.13. The Balaban J connectivity index is 2.54. The molecular weight excluding hydrogens is 278 g/mol. The molecule has 0 aliphatic heterocycles. The van der Waals surface area contributed by atoms with Crippen LogP contribution in [0.25, 0.3) is 0 Å². The molecule has 2 amide bonds. The van der Waals surface area contributed by atoms with Crippen LogP contribution < -0.4 is 10.6 Å². The molecule has 0 saturated carbocycles. The van der Waals surface area contributed by atoms with Crippen molar-refractivity contribution in [3.05, 3.63) is 35.4 Å². The first-order valence-electron chi connectivity index (χ1n) is 5.90. The fraction of sp³-hybridized carbons (Fsp3) is 0.231. The number of hydrogen-bond acceptors (Lipinski definition) is 4. The van der Waals surface area contributed by atoms with E-state index in [1.165, 1.54) is 0 Å². The van der Waals surface area contributed by atoms with Gasteiger partial charge in [0.25, 0.3) is 0 Å². The van der Waals surface area contributed by atoms with Gasteiger partial charge in [-0.3, -0.25) is 4.79 Å². The third-order valence-corrected chi connectivity index (χ3v) is 2.49. The van der Waals surface area contributed by atoms with Crippen molar-refractivity contribution in [2.75, 3.05) is 0 Å². The van der Waals surface area contributed by atoms with Gasteiger partial charge >= 0.3 is 18.0 Å². The van der Waals surface area contributed by atoms with Crippen molar-refractivity contribution in [3.63, 3.8) is 0 Å². The van der Waals surface area contributed by atoms with Crippen LogP contribution in [0, 0.1) is 11.3 Å². The molecule has 0 radical (unpaired) electrons. The van der Waals surface area contributed by atoms with Crippen LogP contribution in [0.1, 0.15) is 17.5 Å². The average Bonchev–Trinajstić information content (AvgIpc) is 2.44. The fourth-order valence-electron chi connectivity index (χ4n) is 1.52. The predicted octanol–water partition coefficient (Wildman–Crippen LogP) is 0.285. The molecule has 0 bridgehead atoms.